The first-order valence-electron chi connectivity index (χ1n) is 10.2. The third-order valence-electron chi connectivity index (χ3n) is 4.64. The number of unbranched alkanes of at least 4 members (excludes halogenated alkanes) is 1. The van der Waals surface area contributed by atoms with E-state index >= 15 is 0 Å². The van der Waals surface area contributed by atoms with Crippen LogP contribution in [0.4, 0.5) is 0 Å². The predicted molar refractivity (Wildman–Crippen MR) is 113 cm³/mol. The first kappa shape index (κ1) is 26.0. The van der Waals surface area contributed by atoms with Crippen LogP contribution in [0.2, 0.25) is 0 Å². The maximum Gasteiger partial charge on any atom is 0.326 e. The fourth-order valence-electron chi connectivity index (χ4n) is 2.68. The Morgan fingerprint density at radius 2 is 1.84 bits per heavy atom. The van der Waals surface area contributed by atoms with Crippen LogP contribution in [0.1, 0.15) is 38.8 Å². The lowest BCUT2D eigenvalue weighted by atomic mass is 10.1. The summed E-state index contributed by atoms with van der Waals surface area (Å²) in [6.07, 6.45) is 4.36. The van der Waals surface area contributed by atoms with E-state index in [9.17, 15) is 24.3 Å². The maximum atomic E-state index is 12.7. The Labute approximate surface area is 180 Å². The molecule has 0 radical (unpaired) electrons. The molecular formula is C19H33N7O5. The number of carbonyl (C=O) groups is 4. The lowest BCUT2D eigenvalue weighted by molar-refractivity contribution is -0.142. The Morgan fingerprint density at radius 3 is 2.39 bits per heavy atom. The Kier molecular flexibility index (Phi) is 11.2. The molecule has 174 valence electrons. The van der Waals surface area contributed by atoms with E-state index in [2.05, 4.69) is 25.9 Å². The van der Waals surface area contributed by atoms with Crippen molar-refractivity contribution >= 4 is 23.7 Å². The van der Waals surface area contributed by atoms with Crippen molar-refractivity contribution in [1.82, 2.24) is 25.9 Å². The fourth-order valence-corrected chi connectivity index (χ4v) is 2.68. The number of amides is 3. The number of hydrogen-bond acceptors (Lipinski definition) is 7. The molecule has 0 saturated carbocycles. The van der Waals surface area contributed by atoms with Gasteiger partial charge in [-0.3, -0.25) is 14.4 Å². The van der Waals surface area contributed by atoms with Crippen molar-refractivity contribution in [3.8, 4) is 0 Å². The lowest BCUT2D eigenvalue weighted by Gasteiger charge is -2.21. The molecule has 1 heterocycles. The van der Waals surface area contributed by atoms with E-state index in [4.69, 9.17) is 11.5 Å². The van der Waals surface area contributed by atoms with Gasteiger partial charge in [0.2, 0.25) is 17.7 Å². The zero-order chi connectivity index (χ0) is 23.4. The summed E-state index contributed by atoms with van der Waals surface area (Å²) >= 11 is 0. The summed E-state index contributed by atoms with van der Waals surface area (Å²) in [5.74, 6) is -3.03. The van der Waals surface area contributed by atoms with Crippen LogP contribution in [0.15, 0.2) is 12.5 Å². The molecule has 0 fully saturated rings. The summed E-state index contributed by atoms with van der Waals surface area (Å²) < 4.78 is 0. The van der Waals surface area contributed by atoms with Gasteiger partial charge in [-0.1, -0.05) is 13.8 Å². The van der Waals surface area contributed by atoms with E-state index < -0.39 is 41.8 Å². The minimum Gasteiger partial charge on any atom is -0.480 e. The van der Waals surface area contributed by atoms with Crippen molar-refractivity contribution < 1.29 is 24.3 Å². The Morgan fingerprint density at radius 1 is 1.13 bits per heavy atom. The monoisotopic (exact) mass is 439 g/mol. The van der Waals surface area contributed by atoms with Crippen molar-refractivity contribution in [2.75, 3.05) is 13.1 Å². The molecule has 1 aromatic rings. The smallest absolute Gasteiger partial charge is 0.326 e. The van der Waals surface area contributed by atoms with Crippen LogP contribution in [-0.4, -0.2) is 70.0 Å². The molecule has 0 aliphatic carbocycles. The summed E-state index contributed by atoms with van der Waals surface area (Å²) in [6, 6.07) is -2.94. The number of carboxylic acid groups (broad SMARTS) is 1. The number of nitrogens with one attached hydrogen (secondary N) is 4. The van der Waals surface area contributed by atoms with E-state index in [-0.39, 0.29) is 25.3 Å². The number of carboxylic acids is 1. The van der Waals surface area contributed by atoms with E-state index in [1.807, 2.05) is 0 Å². The molecule has 0 aliphatic rings. The van der Waals surface area contributed by atoms with Crippen LogP contribution in [0, 0.1) is 5.92 Å². The molecule has 0 saturated heterocycles. The summed E-state index contributed by atoms with van der Waals surface area (Å²) in [5, 5.41) is 16.8. The molecule has 0 spiro atoms. The summed E-state index contributed by atoms with van der Waals surface area (Å²) in [4.78, 5) is 55.2. The van der Waals surface area contributed by atoms with Gasteiger partial charge in [0.25, 0.3) is 0 Å². The summed E-state index contributed by atoms with van der Waals surface area (Å²) in [5.41, 5.74) is 11.7. The van der Waals surface area contributed by atoms with Crippen molar-refractivity contribution in [3.63, 3.8) is 0 Å². The molecule has 1 aromatic heterocycles. The van der Waals surface area contributed by atoms with Gasteiger partial charge < -0.3 is 37.5 Å². The average Bonchev–Trinajstić information content (AvgIpc) is 3.23. The molecule has 3 unspecified atom stereocenters. The number of carbonyl (C=O) groups excluding carboxylic acids is 3. The zero-order valence-corrected chi connectivity index (χ0v) is 17.9. The predicted octanol–water partition coefficient (Wildman–Crippen LogP) is -1.77. The molecule has 12 nitrogen and oxygen atoms in total. The van der Waals surface area contributed by atoms with Crippen molar-refractivity contribution in [3.05, 3.63) is 18.2 Å². The van der Waals surface area contributed by atoms with Crippen LogP contribution in [0.5, 0.6) is 0 Å². The molecule has 3 amide bonds. The number of imidazole rings is 1. The molecule has 9 N–H and O–H groups in total. The second-order valence-corrected chi connectivity index (χ2v) is 7.57. The van der Waals surface area contributed by atoms with Gasteiger partial charge in [0, 0.05) is 18.3 Å². The fraction of sp³-hybridized carbons (Fsp3) is 0.632. The maximum absolute atomic E-state index is 12.7. The molecule has 0 aromatic carbocycles. The van der Waals surface area contributed by atoms with Crippen molar-refractivity contribution in [1.29, 1.82) is 0 Å². The molecule has 12 heteroatoms. The van der Waals surface area contributed by atoms with Gasteiger partial charge in [-0.15, -0.1) is 0 Å². The molecular weight excluding hydrogens is 406 g/mol. The third-order valence-corrected chi connectivity index (χ3v) is 4.64. The number of aliphatic carboxylic acids is 1. The highest BCUT2D eigenvalue weighted by Crippen LogP contribution is 2.04. The molecule has 0 aliphatic heterocycles. The van der Waals surface area contributed by atoms with Crippen LogP contribution >= 0.6 is 0 Å². The minimum absolute atomic E-state index is 0.0617. The van der Waals surface area contributed by atoms with Crippen LogP contribution in [0.25, 0.3) is 0 Å². The first-order chi connectivity index (χ1) is 14.6. The van der Waals surface area contributed by atoms with Crippen LogP contribution in [-0.2, 0) is 25.6 Å². The molecule has 3 atom stereocenters. The van der Waals surface area contributed by atoms with Crippen LogP contribution in [0.3, 0.4) is 0 Å². The molecule has 1 rings (SSSR count). The average molecular weight is 440 g/mol. The van der Waals surface area contributed by atoms with Gasteiger partial charge in [-0.2, -0.15) is 0 Å². The van der Waals surface area contributed by atoms with Gasteiger partial charge in [0.05, 0.1) is 18.9 Å². The quantitative estimate of drug-likeness (QED) is 0.165. The first-order valence-corrected chi connectivity index (χ1v) is 10.2. The standard InChI is InChI=1S/C19H33N7O5/c1-11(2)16(21)18(29)23-9-15(27)25-14(7-12-8-22-10-24-12)17(28)26-13(19(30)31)5-3-4-6-20/h8,10-11,13-14,16H,3-7,9,20-21H2,1-2H3,(H,22,24)(H,23,29)(H,25,27)(H,26,28)(H,30,31). The number of hydrogen-bond donors (Lipinski definition) is 7. The Hall–Kier alpha value is -2.99. The minimum atomic E-state index is -1.17. The number of aromatic nitrogens is 2. The number of H-pyrrole nitrogens is 1. The lowest BCUT2D eigenvalue weighted by Crippen LogP contribution is -2.54. The van der Waals surface area contributed by atoms with Gasteiger partial charge in [0.1, 0.15) is 12.1 Å². The normalized spacial score (nSPS) is 13.8. The van der Waals surface area contributed by atoms with E-state index in [0.717, 1.165) is 0 Å². The highest BCUT2D eigenvalue weighted by molar-refractivity contribution is 5.92. The van der Waals surface area contributed by atoms with Gasteiger partial charge in [-0.05, 0) is 31.7 Å². The molecule has 0 bridgehead atoms. The summed E-state index contributed by atoms with van der Waals surface area (Å²) in [6.45, 7) is 3.61. The highest BCUT2D eigenvalue weighted by atomic mass is 16.4. The Bertz CT molecular complexity index is 723. The van der Waals surface area contributed by atoms with Crippen molar-refractivity contribution in [2.24, 2.45) is 17.4 Å². The Balaban J connectivity index is 2.76. The van der Waals surface area contributed by atoms with Gasteiger partial charge >= 0.3 is 5.97 Å². The third kappa shape index (κ3) is 9.57. The second kappa shape index (κ2) is 13.3. The number of nitrogens with two attached hydrogens (primary N) is 2. The van der Waals surface area contributed by atoms with Crippen LogP contribution < -0.4 is 27.4 Å². The number of nitrogens with zero attached hydrogens (tertiary/aromatic N) is 1. The highest BCUT2D eigenvalue weighted by Gasteiger charge is 2.27. The topological polar surface area (TPSA) is 205 Å². The van der Waals surface area contributed by atoms with E-state index in [0.29, 0.717) is 25.1 Å². The second-order valence-electron chi connectivity index (χ2n) is 7.57. The van der Waals surface area contributed by atoms with E-state index in [1.165, 1.54) is 12.5 Å². The van der Waals surface area contributed by atoms with Gasteiger partial charge in [0.15, 0.2) is 0 Å². The largest absolute Gasteiger partial charge is 0.480 e. The SMILES string of the molecule is CC(C)C(N)C(=O)NCC(=O)NC(Cc1cnc[nH]1)C(=O)NC(CCCCN)C(=O)O. The molecule has 31 heavy (non-hydrogen) atoms. The summed E-state index contributed by atoms with van der Waals surface area (Å²) in [7, 11) is 0. The van der Waals surface area contributed by atoms with Gasteiger partial charge in [-0.25, -0.2) is 9.78 Å². The number of aromatic amines is 1. The number of rotatable bonds is 14. The van der Waals surface area contributed by atoms with E-state index in [1.54, 1.807) is 13.8 Å². The van der Waals surface area contributed by atoms with Crippen molar-refractivity contribution in [2.45, 2.75) is 57.7 Å². The zero-order valence-electron chi connectivity index (χ0n) is 17.9.